The molecule has 5 N–H and O–H groups in total. The van der Waals surface area contributed by atoms with Crippen LogP contribution in [0.25, 0.3) is 10.9 Å². The highest BCUT2D eigenvalue weighted by molar-refractivity contribution is 6.00. The van der Waals surface area contributed by atoms with E-state index in [2.05, 4.69) is 10.3 Å². The van der Waals surface area contributed by atoms with Crippen molar-refractivity contribution in [1.29, 1.82) is 0 Å². The Morgan fingerprint density at radius 3 is 2.67 bits per heavy atom. The molecule has 21 heavy (non-hydrogen) atoms. The number of para-hydroxylation sites is 1. The topological polar surface area (TPSA) is 91.1 Å². The number of nitrogen functional groups attached to an aromatic ring is 1. The van der Waals surface area contributed by atoms with Gasteiger partial charge < -0.3 is 21.1 Å². The molecule has 1 heterocycles. The van der Waals surface area contributed by atoms with Gasteiger partial charge in [-0.2, -0.15) is 0 Å². The molecule has 114 valence electrons. The van der Waals surface area contributed by atoms with Gasteiger partial charge in [-0.1, -0.05) is 26.0 Å². The van der Waals surface area contributed by atoms with Gasteiger partial charge in [0.05, 0.1) is 17.8 Å². The Morgan fingerprint density at radius 1 is 1.38 bits per heavy atom. The van der Waals surface area contributed by atoms with Gasteiger partial charge >= 0.3 is 0 Å². The minimum absolute atomic E-state index is 0.0694. The van der Waals surface area contributed by atoms with Crippen LogP contribution < -0.4 is 11.1 Å². The molecule has 0 fully saturated rings. The predicted molar refractivity (Wildman–Crippen MR) is 85.1 cm³/mol. The Kier molecular flexibility index (Phi) is 4.53. The monoisotopic (exact) mass is 289 g/mol. The lowest BCUT2D eigenvalue weighted by molar-refractivity contribution is 0.0847. The summed E-state index contributed by atoms with van der Waals surface area (Å²) in [6.45, 7) is 4.57. The normalized spacial score (nSPS) is 11.8. The highest BCUT2D eigenvalue weighted by Gasteiger charge is 2.26. The molecule has 0 aliphatic carbocycles. The Hall–Kier alpha value is -2.01. The predicted octanol–water partition coefficient (Wildman–Crippen LogP) is 2.28. The summed E-state index contributed by atoms with van der Waals surface area (Å²) < 4.78 is 0. The van der Waals surface area contributed by atoms with Gasteiger partial charge in [-0.15, -0.1) is 0 Å². The summed E-state index contributed by atoms with van der Waals surface area (Å²) in [4.78, 5) is 15.3. The molecule has 0 spiro atoms. The third-order valence-electron chi connectivity index (χ3n) is 4.39. The van der Waals surface area contributed by atoms with Crippen LogP contribution in [0.4, 0.5) is 5.69 Å². The number of rotatable bonds is 6. The van der Waals surface area contributed by atoms with Crippen molar-refractivity contribution in [3.63, 3.8) is 0 Å². The molecule has 2 aromatic rings. The van der Waals surface area contributed by atoms with E-state index in [4.69, 9.17) is 5.73 Å². The summed E-state index contributed by atoms with van der Waals surface area (Å²) in [6, 6.07) is 7.36. The number of benzene rings is 1. The maximum Gasteiger partial charge on any atom is 0.267 e. The number of aliphatic hydroxyl groups is 1. The van der Waals surface area contributed by atoms with Crippen molar-refractivity contribution in [3.8, 4) is 0 Å². The van der Waals surface area contributed by atoms with Gasteiger partial charge in [-0.25, -0.2) is 0 Å². The van der Waals surface area contributed by atoms with Gasteiger partial charge in [0.25, 0.3) is 5.91 Å². The van der Waals surface area contributed by atoms with E-state index >= 15 is 0 Å². The van der Waals surface area contributed by atoms with Crippen molar-refractivity contribution in [3.05, 3.63) is 30.0 Å². The molecule has 1 aromatic heterocycles. The van der Waals surface area contributed by atoms with Gasteiger partial charge in [0.15, 0.2) is 0 Å². The second-order valence-corrected chi connectivity index (χ2v) is 5.54. The standard InChI is InChI=1S/C16H23N3O2/c1-3-16(4-2,10-20)9-18-15(21)13-8-11-6-5-7-12(17)14(11)19-13/h5-8,19-20H,3-4,9-10,17H2,1-2H3,(H,18,21). The van der Waals surface area contributed by atoms with E-state index in [0.29, 0.717) is 17.9 Å². The van der Waals surface area contributed by atoms with Crippen molar-refractivity contribution in [1.82, 2.24) is 10.3 Å². The van der Waals surface area contributed by atoms with Crippen molar-refractivity contribution >= 4 is 22.5 Å². The number of carbonyl (C=O) groups is 1. The Balaban J connectivity index is 2.14. The van der Waals surface area contributed by atoms with E-state index in [1.54, 1.807) is 12.1 Å². The van der Waals surface area contributed by atoms with Gasteiger partial charge in [-0.05, 0) is 25.0 Å². The molecule has 0 aliphatic heterocycles. The van der Waals surface area contributed by atoms with Crippen LogP contribution in [0.15, 0.2) is 24.3 Å². The second kappa shape index (κ2) is 6.18. The van der Waals surface area contributed by atoms with Crippen LogP contribution in [0.1, 0.15) is 37.2 Å². The molecule has 5 nitrogen and oxygen atoms in total. The van der Waals surface area contributed by atoms with Crippen LogP contribution in [-0.4, -0.2) is 29.1 Å². The van der Waals surface area contributed by atoms with E-state index < -0.39 is 0 Å². The van der Waals surface area contributed by atoms with Crippen molar-refractivity contribution < 1.29 is 9.90 Å². The molecule has 0 saturated heterocycles. The molecule has 0 radical (unpaired) electrons. The van der Waals surface area contributed by atoms with Crippen LogP contribution >= 0.6 is 0 Å². The average Bonchev–Trinajstić information content (AvgIpc) is 2.95. The first-order valence-electron chi connectivity index (χ1n) is 7.31. The first kappa shape index (κ1) is 15.4. The molecule has 0 saturated carbocycles. The number of anilines is 1. The average molecular weight is 289 g/mol. The SMILES string of the molecule is CCC(CC)(CO)CNC(=O)c1cc2cccc(N)c2[nH]1. The van der Waals surface area contributed by atoms with Gasteiger partial charge in [0.2, 0.25) is 0 Å². The minimum Gasteiger partial charge on any atom is -0.397 e. The smallest absolute Gasteiger partial charge is 0.267 e. The van der Waals surface area contributed by atoms with Crippen LogP contribution in [0.2, 0.25) is 0 Å². The van der Waals surface area contributed by atoms with Crippen LogP contribution in [0, 0.1) is 5.41 Å². The number of aliphatic hydroxyl groups excluding tert-OH is 1. The maximum atomic E-state index is 12.3. The molecule has 0 unspecified atom stereocenters. The fraction of sp³-hybridized carbons (Fsp3) is 0.438. The van der Waals surface area contributed by atoms with E-state index in [-0.39, 0.29) is 17.9 Å². The quantitative estimate of drug-likeness (QED) is 0.615. The molecule has 1 aromatic carbocycles. The maximum absolute atomic E-state index is 12.3. The minimum atomic E-state index is -0.249. The van der Waals surface area contributed by atoms with Crippen molar-refractivity contribution in [2.75, 3.05) is 18.9 Å². The lowest BCUT2D eigenvalue weighted by atomic mass is 9.83. The summed E-state index contributed by atoms with van der Waals surface area (Å²) in [6.07, 6.45) is 1.64. The molecular weight excluding hydrogens is 266 g/mol. The summed E-state index contributed by atoms with van der Waals surface area (Å²) >= 11 is 0. The Bertz CT molecular complexity index is 621. The number of aromatic amines is 1. The number of nitrogens with one attached hydrogen (secondary N) is 2. The summed E-state index contributed by atoms with van der Waals surface area (Å²) in [5.74, 6) is -0.176. The summed E-state index contributed by atoms with van der Waals surface area (Å²) in [5.41, 5.74) is 7.52. The fourth-order valence-corrected chi connectivity index (χ4v) is 2.44. The molecule has 0 bridgehead atoms. The Labute approximate surface area is 124 Å². The van der Waals surface area contributed by atoms with Crippen molar-refractivity contribution in [2.45, 2.75) is 26.7 Å². The van der Waals surface area contributed by atoms with E-state index in [9.17, 15) is 9.90 Å². The van der Waals surface area contributed by atoms with Crippen LogP contribution in [0.3, 0.4) is 0 Å². The highest BCUT2D eigenvalue weighted by Crippen LogP contribution is 2.25. The zero-order chi connectivity index (χ0) is 15.5. The number of nitrogens with two attached hydrogens (primary N) is 1. The number of fused-ring (bicyclic) bond motifs is 1. The van der Waals surface area contributed by atoms with Gasteiger partial charge in [0, 0.05) is 17.3 Å². The number of hydrogen-bond donors (Lipinski definition) is 4. The van der Waals surface area contributed by atoms with Crippen LogP contribution in [-0.2, 0) is 0 Å². The Morgan fingerprint density at radius 2 is 2.10 bits per heavy atom. The number of aromatic nitrogens is 1. The summed E-state index contributed by atoms with van der Waals surface area (Å²) in [5, 5.41) is 13.4. The third-order valence-corrected chi connectivity index (χ3v) is 4.39. The van der Waals surface area contributed by atoms with E-state index in [1.165, 1.54) is 0 Å². The van der Waals surface area contributed by atoms with E-state index in [0.717, 1.165) is 23.7 Å². The largest absolute Gasteiger partial charge is 0.397 e. The second-order valence-electron chi connectivity index (χ2n) is 5.54. The number of hydrogen-bond acceptors (Lipinski definition) is 3. The molecule has 0 aliphatic rings. The lowest BCUT2D eigenvalue weighted by Gasteiger charge is -2.29. The van der Waals surface area contributed by atoms with Gasteiger partial charge in [-0.3, -0.25) is 4.79 Å². The first-order valence-corrected chi connectivity index (χ1v) is 7.31. The van der Waals surface area contributed by atoms with Crippen molar-refractivity contribution in [2.24, 2.45) is 5.41 Å². The fourth-order valence-electron chi connectivity index (χ4n) is 2.44. The highest BCUT2D eigenvalue weighted by atomic mass is 16.3. The van der Waals surface area contributed by atoms with Gasteiger partial charge in [0.1, 0.15) is 5.69 Å². The van der Waals surface area contributed by atoms with E-state index in [1.807, 2.05) is 26.0 Å². The number of carbonyl (C=O) groups excluding carboxylic acids is 1. The molecule has 2 rings (SSSR count). The molecule has 0 atom stereocenters. The molecular formula is C16H23N3O2. The van der Waals surface area contributed by atoms with Crippen LogP contribution in [0.5, 0.6) is 0 Å². The molecule has 5 heteroatoms. The zero-order valence-electron chi connectivity index (χ0n) is 12.6. The number of amides is 1. The zero-order valence-corrected chi connectivity index (χ0v) is 12.6. The lowest BCUT2D eigenvalue weighted by Crippen LogP contribution is -2.39. The third kappa shape index (κ3) is 3.03. The number of H-pyrrole nitrogens is 1. The summed E-state index contributed by atoms with van der Waals surface area (Å²) in [7, 11) is 0. The first-order chi connectivity index (χ1) is 10.0. The molecule has 1 amide bonds.